The molecule has 2 N–H and O–H groups in total. The number of piperidine rings is 1. The molecule has 0 radical (unpaired) electrons. The Balaban J connectivity index is 1.83. The maximum absolute atomic E-state index is 11.8. The zero-order chi connectivity index (χ0) is 16.0. The van der Waals surface area contributed by atoms with Gasteiger partial charge in [0.05, 0.1) is 19.0 Å². The highest BCUT2D eigenvalue weighted by Gasteiger charge is 2.68. The van der Waals surface area contributed by atoms with E-state index in [2.05, 4.69) is 6.08 Å². The molecule has 5 heteroatoms. The second-order valence-corrected chi connectivity index (χ2v) is 7.63. The molecule has 0 saturated carbocycles. The van der Waals surface area contributed by atoms with Crippen molar-refractivity contribution in [3.63, 3.8) is 0 Å². The van der Waals surface area contributed by atoms with Crippen molar-refractivity contribution < 1.29 is 24.2 Å². The second kappa shape index (κ2) is 3.97. The molecular weight excluding hydrogens is 294 g/mol. The summed E-state index contributed by atoms with van der Waals surface area (Å²) in [6, 6.07) is 3.78. The summed E-state index contributed by atoms with van der Waals surface area (Å²) in [5.41, 5.74) is 1.90. The van der Waals surface area contributed by atoms with E-state index in [0.29, 0.717) is 10.2 Å². The van der Waals surface area contributed by atoms with Gasteiger partial charge in [0.1, 0.15) is 18.2 Å². The summed E-state index contributed by atoms with van der Waals surface area (Å²) >= 11 is 0. The number of phenols is 1. The van der Waals surface area contributed by atoms with Crippen LogP contribution in [0.5, 0.6) is 11.5 Å². The van der Waals surface area contributed by atoms with Crippen molar-refractivity contribution in [3.8, 4) is 11.5 Å². The summed E-state index contributed by atoms with van der Waals surface area (Å²) in [7, 11) is 2.00. The number of benzene rings is 1. The van der Waals surface area contributed by atoms with Gasteiger partial charge in [-0.05, 0) is 11.6 Å². The average molecular weight is 314 g/mol. The Morgan fingerprint density at radius 2 is 2.22 bits per heavy atom. The summed E-state index contributed by atoms with van der Waals surface area (Å²) in [6.07, 6.45) is 5.46. The first-order chi connectivity index (χ1) is 11.0. The van der Waals surface area contributed by atoms with Crippen LogP contribution < -0.4 is 4.74 Å². The molecule has 2 heterocycles. The Morgan fingerprint density at radius 3 is 3.00 bits per heavy atom. The van der Waals surface area contributed by atoms with Gasteiger partial charge in [0.2, 0.25) is 0 Å². The number of phenolic OH excluding ortho intramolecular Hbond substituents is 1. The molecule has 5 rings (SSSR count). The van der Waals surface area contributed by atoms with E-state index in [4.69, 9.17) is 4.74 Å². The maximum atomic E-state index is 11.8. The van der Waals surface area contributed by atoms with Gasteiger partial charge in [0, 0.05) is 24.3 Å². The molecule has 1 aromatic carbocycles. The van der Waals surface area contributed by atoms with Crippen LogP contribution in [0.15, 0.2) is 24.3 Å². The number of amides is 1. The van der Waals surface area contributed by atoms with Crippen molar-refractivity contribution in [3.05, 3.63) is 35.4 Å². The normalized spacial score (nSPS) is 45.3. The van der Waals surface area contributed by atoms with E-state index in [9.17, 15) is 15.0 Å². The lowest BCUT2D eigenvalue weighted by molar-refractivity contribution is -0.864. The predicted octanol–water partition coefficient (Wildman–Crippen LogP) is 0.869. The maximum Gasteiger partial charge on any atom is 0.301 e. The lowest BCUT2D eigenvalue weighted by atomic mass is 9.53. The van der Waals surface area contributed by atoms with E-state index in [0.717, 1.165) is 36.9 Å². The Hall–Kier alpha value is -1.85. The molecular formula is C18H20NO4+. The van der Waals surface area contributed by atoms with Crippen molar-refractivity contribution in [1.82, 2.24) is 0 Å². The predicted molar refractivity (Wildman–Crippen MR) is 82.1 cm³/mol. The van der Waals surface area contributed by atoms with Gasteiger partial charge in [-0.25, -0.2) is 4.79 Å². The van der Waals surface area contributed by atoms with E-state index >= 15 is 0 Å². The molecule has 1 saturated heterocycles. The highest BCUT2D eigenvalue weighted by molar-refractivity contribution is 5.61. The molecule has 0 aromatic heterocycles. The number of ether oxygens (including phenoxy) is 1. The van der Waals surface area contributed by atoms with E-state index in [1.54, 1.807) is 12.1 Å². The van der Waals surface area contributed by atoms with Crippen LogP contribution in [-0.4, -0.2) is 52.9 Å². The SMILES string of the molecule is C[N+]1(C=O)CC[C@]23c4c5ccc(O)c4O[C@H]2[C@@H](O)C=C[C@H]3[C@H]1C5. The number of likely N-dealkylation sites (N-methyl/N-ethyl adjacent to an activating group) is 1. The molecule has 1 spiro atoms. The van der Waals surface area contributed by atoms with Crippen molar-refractivity contribution in [1.29, 1.82) is 0 Å². The number of quaternary nitrogens is 1. The van der Waals surface area contributed by atoms with Crippen LogP contribution in [0.25, 0.3) is 0 Å². The van der Waals surface area contributed by atoms with Crippen molar-refractivity contribution in [2.75, 3.05) is 13.6 Å². The van der Waals surface area contributed by atoms with Gasteiger partial charge in [-0.1, -0.05) is 18.2 Å². The smallest absolute Gasteiger partial charge is 0.301 e. The molecule has 1 unspecified atom stereocenters. The van der Waals surface area contributed by atoms with Gasteiger partial charge in [-0.3, -0.25) is 4.48 Å². The topological polar surface area (TPSA) is 66.8 Å². The van der Waals surface area contributed by atoms with Crippen LogP contribution >= 0.6 is 0 Å². The van der Waals surface area contributed by atoms with Crippen LogP contribution in [0.1, 0.15) is 17.5 Å². The Kier molecular flexibility index (Phi) is 2.34. The van der Waals surface area contributed by atoms with Gasteiger partial charge in [0.25, 0.3) is 0 Å². The highest BCUT2D eigenvalue weighted by Crippen LogP contribution is 2.63. The fourth-order valence-corrected chi connectivity index (χ4v) is 5.58. The summed E-state index contributed by atoms with van der Waals surface area (Å²) in [5, 5.41) is 20.8. The molecule has 2 bridgehead atoms. The minimum atomic E-state index is -0.683. The summed E-state index contributed by atoms with van der Waals surface area (Å²) in [4.78, 5) is 11.8. The third-order valence-electron chi connectivity index (χ3n) is 6.71. The van der Waals surface area contributed by atoms with E-state index in [1.807, 2.05) is 13.1 Å². The zero-order valence-corrected chi connectivity index (χ0v) is 13.0. The van der Waals surface area contributed by atoms with Crippen LogP contribution in [0.4, 0.5) is 0 Å². The number of carbonyl (C=O) groups is 1. The van der Waals surface area contributed by atoms with Gasteiger partial charge in [-0.15, -0.1) is 0 Å². The molecule has 23 heavy (non-hydrogen) atoms. The quantitative estimate of drug-likeness (QED) is 0.459. The van der Waals surface area contributed by atoms with Gasteiger partial charge < -0.3 is 14.9 Å². The second-order valence-electron chi connectivity index (χ2n) is 7.63. The van der Waals surface area contributed by atoms with Gasteiger partial charge in [0.15, 0.2) is 11.5 Å². The number of hydrogen-bond acceptors (Lipinski definition) is 4. The fraction of sp³-hybridized carbons (Fsp3) is 0.500. The molecule has 4 aliphatic rings. The van der Waals surface area contributed by atoms with Crippen LogP contribution in [-0.2, 0) is 16.6 Å². The first-order valence-corrected chi connectivity index (χ1v) is 8.21. The minimum absolute atomic E-state index is 0.148. The van der Waals surface area contributed by atoms with Crippen LogP contribution in [0.3, 0.4) is 0 Å². The molecule has 1 fully saturated rings. The van der Waals surface area contributed by atoms with E-state index in [1.165, 1.54) is 0 Å². The first kappa shape index (κ1) is 13.6. The van der Waals surface area contributed by atoms with Gasteiger partial charge in [-0.2, -0.15) is 0 Å². The highest BCUT2D eigenvalue weighted by atomic mass is 16.5. The Labute approximate surface area is 134 Å². The van der Waals surface area contributed by atoms with Gasteiger partial charge >= 0.3 is 6.41 Å². The standard InChI is InChI=1S/C18H19NO4/c1-19(9-20)7-6-18-11-3-5-14(22)17(18)23-16-13(21)4-2-10(15(16)18)8-12(11)19/h2-5,9,11-12,14,17,22H,6-8H2,1H3/p+1/t11-,12+,14-,17-,18-,19?/m0/s1. The summed E-state index contributed by atoms with van der Waals surface area (Å²) in [6.45, 7) is 0.736. The minimum Gasteiger partial charge on any atom is -0.504 e. The Morgan fingerprint density at radius 1 is 1.39 bits per heavy atom. The fourth-order valence-electron chi connectivity index (χ4n) is 5.58. The molecule has 6 atom stereocenters. The van der Waals surface area contributed by atoms with Crippen molar-refractivity contribution in [2.45, 2.75) is 36.5 Å². The lowest BCUT2D eigenvalue weighted by Gasteiger charge is -2.57. The number of aromatic hydroxyl groups is 1. The third kappa shape index (κ3) is 1.35. The van der Waals surface area contributed by atoms with Crippen molar-refractivity contribution in [2.24, 2.45) is 5.92 Å². The number of hydrogen-bond donors (Lipinski definition) is 2. The molecule has 1 amide bonds. The third-order valence-corrected chi connectivity index (χ3v) is 6.71. The zero-order valence-electron chi connectivity index (χ0n) is 13.0. The molecule has 1 aromatic rings. The number of likely N-dealkylation sites (tertiary alicyclic amines) is 1. The lowest BCUT2D eigenvalue weighted by Crippen LogP contribution is -2.70. The number of aliphatic hydroxyl groups is 1. The number of nitrogens with zero attached hydrogens (tertiary/aromatic N) is 1. The van der Waals surface area contributed by atoms with Crippen molar-refractivity contribution >= 4 is 6.41 Å². The van der Waals surface area contributed by atoms with Crippen LogP contribution in [0.2, 0.25) is 0 Å². The monoisotopic (exact) mass is 314 g/mol. The first-order valence-electron chi connectivity index (χ1n) is 8.21. The average Bonchev–Trinajstić information content (AvgIpc) is 2.91. The largest absolute Gasteiger partial charge is 0.504 e. The van der Waals surface area contributed by atoms with E-state index < -0.39 is 6.10 Å². The van der Waals surface area contributed by atoms with E-state index in [-0.39, 0.29) is 29.2 Å². The van der Waals surface area contributed by atoms with Crippen LogP contribution in [0, 0.1) is 5.92 Å². The molecule has 2 aliphatic carbocycles. The summed E-state index contributed by atoms with van der Waals surface area (Å²) in [5.74, 6) is 0.839. The summed E-state index contributed by atoms with van der Waals surface area (Å²) < 4.78 is 6.47. The number of carbonyl (C=O) groups excluding carboxylic acids is 1. The Bertz CT molecular complexity index is 760. The number of aliphatic hydroxyl groups excluding tert-OH is 1. The number of rotatable bonds is 1. The molecule has 2 aliphatic heterocycles. The molecule has 120 valence electrons. The molecule has 5 nitrogen and oxygen atoms in total.